The normalized spacial score (nSPS) is 26.9. The zero-order chi connectivity index (χ0) is 13.7. The van der Waals surface area contributed by atoms with Crippen molar-refractivity contribution in [2.45, 2.75) is 64.2 Å². The molecule has 1 fully saturated rings. The van der Waals surface area contributed by atoms with Gasteiger partial charge in [-0.25, -0.2) is 0 Å². The number of nitrogens with zero attached hydrogens (tertiary/aromatic N) is 1. The highest BCUT2D eigenvalue weighted by Gasteiger charge is 2.29. The average Bonchev–Trinajstić information content (AvgIpc) is 2.45. The number of hydrogen-bond donors (Lipinski definition) is 1. The first kappa shape index (κ1) is 14.5. The predicted octanol–water partition coefficient (Wildman–Crippen LogP) is 3.46. The molecule has 2 rings (SSSR count). The van der Waals surface area contributed by atoms with Gasteiger partial charge >= 0.3 is 0 Å². The third-order valence-corrected chi connectivity index (χ3v) is 4.18. The predicted molar refractivity (Wildman–Crippen MR) is 77.7 cm³/mol. The van der Waals surface area contributed by atoms with E-state index in [0.717, 1.165) is 5.56 Å². The molecule has 0 aliphatic heterocycles. The molecule has 3 nitrogen and oxygen atoms in total. The van der Waals surface area contributed by atoms with Crippen LogP contribution in [0.25, 0.3) is 0 Å². The molecule has 0 bridgehead atoms. The SMILES string of the molecule is CCC1CCCCC1OC(c1cccnc1)C(C)N. The van der Waals surface area contributed by atoms with E-state index in [1.54, 1.807) is 6.20 Å². The fourth-order valence-electron chi connectivity index (χ4n) is 3.06. The summed E-state index contributed by atoms with van der Waals surface area (Å²) in [6.07, 6.45) is 10.3. The fourth-order valence-corrected chi connectivity index (χ4v) is 3.06. The molecule has 2 N–H and O–H groups in total. The highest BCUT2D eigenvalue weighted by atomic mass is 16.5. The zero-order valence-corrected chi connectivity index (χ0v) is 12.1. The minimum atomic E-state index is -0.0363. The Bertz CT molecular complexity index is 366. The van der Waals surface area contributed by atoms with E-state index in [2.05, 4.69) is 18.0 Å². The molecule has 1 aliphatic carbocycles. The lowest BCUT2D eigenvalue weighted by atomic mass is 9.84. The maximum Gasteiger partial charge on any atom is 0.0991 e. The van der Waals surface area contributed by atoms with Gasteiger partial charge in [-0.3, -0.25) is 4.98 Å². The standard InChI is InChI=1S/C16H26N2O/c1-3-13-7-4-5-9-15(13)19-16(12(2)17)14-8-6-10-18-11-14/h6,8,10-13,15-16H,3-5,7,9,17H2,1-2H3. The van der Waals surface area contributed by atoms with Gasteiger partial charge in [0.1, 0.15) is 0 Å². The Kier molecular flexibility index (Phi) is 5.34. The van der Waals surface area contributed by atoms with Crippen molar-refractivity contribution in [1.82, 2.24) is 4.98 Å². The molecule has 0 aromatic carbocycles. The highest BCUT2D eigenvalue weighted by Crippen LogP contribution is 2.33. The number of pyridine rings is 1. The molecular weight excluding hydrogens is 236 g/mol. The number of ether oxygens (including phenoxy) is 1. The maximum absolute atomic E-state index is 6.38. The smallest absolute Gasteiger partial charge is 0.0991 e. The summed E-state index contributed by atoms with van der Waals surface area (Å²) in [5.41, 5.74) is 7.22. The van der Waals surface area contributed by atoms with Crippen LogP contribution in [0, 0.1) is 5.92 Å². The number of aromatic nitrogens is 1. The first-order chi connectivity index (χ1) is 9.22. The number of rotatable bonds is 5. The van der Waals surface area contributed by atoms with E-state index in [-0.39, 0.29) is 12.1 Å². The van der Waals surface area contributed by atoms with E-state index < -0.39 is 0 Å². The molecule has 0 radical (unpaired) electrons. The second kappa shape index (κ2) is 7.01. The van der Waals surface area contributed by atoms with Crippen molar-refractivity contribution in [2.24, 2.45) is 11.7 Å². The van der Waals surface area contributed by atoms with E-state index in [0.29, 0.717) is 12.0 Å². The van der Waals surface area contributed by atoms with Crippen molar-refractivity contribution in [3.63, 3.8) is 0 Å². The van der Waals surface area contributed by atoms with Crippen molar-refractivity contribution in [3.8, 4) is 0 Å². The van der Waals surface area contributed by atoms with Gasteiger partial charge in [0.15, 0.2) is 0 Å². The molecule has 0 saturated heterocycles. The maximum atomic E-state index is 6.38. The lowest BCUT2D eigenvalue weighted by Gasteiger charge is -2.35. The van der Waals surface area contributed by atoms with Crippen LogP contribution in [0.15, 0.2) is 24.5 Å². The Morgan fingerprint density at radius 2 is 2.21 bits per heavy atom. The Morgan fingerprint density at radius 1 is 1.42 bits per heavy atom. The van der Waals surface area contributed by atoms with Gasteiger partial charge in [0.2, 0.25) is 0 Å². The topological polar surface area (TPSA) is 48.1 Å². The van der Waals surface area contributed by atoms with E-state index in [4.69, 9.17) is 10.5 Å². The molecule has 4 atom stereocenters. The van der Waals surface area contributed by atoms with Crippen molar-refractivity contribution < 1.29 is 4.74 Å². The van der Waals surface area contributed by atoms with E-state index >= 15 is 0 Å². The summed E-state index contributed by atoms with van der Waals surface area (Å²) in [5, 5.41) is 0. The van der Waals surface area contributed by atoms with E-state index in [1.807, 2.05) is 19.2 Å². The van der Waals surface area contributed by atoms with Gasteiger partial charge in [-0.05, 0) is 31.7 Å². The quantitative estimate of drug-likeness (QED) is 0.884. The Balaban J connectivity index is 2.08. The average molecular weight is 262 g/mol. The molecule has 1 heterocycles. The van der Waals surface area contributed by atoms with Crippen LogP contribution in [-0.4, -0.2) is 17.1 Å². The van der Waals surface area contributed by atoms with Gasteiger partial charge in [0, 0.05) is 24.0 Å². The molecule has 0 spiro atoms. The number of nitrogens with two attached hydrogens (primary N) is 1. The molecular formula is C16H26N2O. The summed E-state index contributed by atoms with van der Waals surface area (Å²) >= 11 is 0. The lowest BCUT2D eigenvalue weighted by molar-refractivity contribution is -0.0702. The first-order valence-electron chi connectivity index (χ1n) is 7.53. The first-order valence-corrected chi connectivity index (χ1v) is 7.53. The summed E-state index contributed by atoms with van der Waals surface area (Å²) < 4.78 is 6.38. The third kappa shape index (κ3) is 3.77. The van der Waals surface area contributed by atoms with Crippen LogP contribution in [0.3, 0.4) is 0 Å². The largest absolute Gasteiger partial charge is 0.368 e. The monoisotopic (exact) mass is 262 g/mol. The molecule has 4 unspecified atom stereocenters. The minimum Gasteiger partial charge on any atom is -0.368 e. The molecule has 19 heavy (non-hydrogen) atoms. The van der Waals surface area contributed by atoms with Crippen molar-refractivity contribution in [3.05, 3.63) is 30.1 Å². The Morgan fingerprint density at radius 3 is 2.84 bits per heavy atom. The van der Waals surface area contributed by atoms with E-state index in [9.17, 15) is 0 Å². The second-order valence-electron chi connectivity index (χ2n) is 5.69. The molecule has 1 aromatic rings. The van der Waals surface area contributed by atoms with Crippen LogP contribution < -0.4 is 5.73 Å². The summed E-state index contributed by atoms with van der Waals surface area (Å²) in [7, 11) is 0. The summed E-state index contributed by atoms with van der Waals surface area (Å²) in [6, 6.07) is 4.00. The third-order valence-electron chi connectivity index (χ3n) is 4.18. The molecule has 1 aromatic heterocycles. The second-order valence-corrected chi connectivity index (χ2v) is 5.69. The van der Waals surface area contributed by atoms with Crippen molar-refractivity contribution in [1.29, 1.82) is 0 Å². The van der Waals surface area contributed by atoms with Crippen LogP contribution >= 0.6 is 0 Å². The lowest BCUT2D eigenvalue weighted by Crippen LogP contribution is -2.35. The van der Waals surface area contributed by atoms with Crippen LogP contribution in [-0.2, 0) is 4.74 Å². The summed E-state index contributed by atoms with van der Waals surface area (Å²) in [6.45, 7) is 4.28. The highest BCUT2D eigenvalue weighted by molar-refractivity contribution is 5.14. The molecule has 1 saturated carbocycles. The van der Waals surface area contributed by atoms with E-state index in [1.165, 1.54) is 32.1 Å². The molecule has 0 amide bonds. The van der Waals surface area contributed by atoms with Crippen LogP contribution in [0.4, 0.5) is 0 Å². The Labute approximate surface area is 116 Å². The van der Waals surface area contributed by atoms with Gasteiger partial charge in [-0.2, -0.15) is 0 Å². The van der Waals surface area contributed by atoms with Crippen molar-refractivity contribution in [2.75, 3.05) is 0 Å². The Hall–Kier alpha value is -0.930. The summed E-state index contributed by atoms with van der Waals surface area (Å²) in [5.74, 6) is 0.687. The van der Waals surface area contributed by atoms with Gasteiger partial charge in [-0.1, -0.05) is 32.3 Å². The summed E-state index contributed by atoms with van der Waals surface area (Å²) in [4.78, 5) is 4.18. The number of hydrogen-bond acceptors (Lipinski definition) is 3. The van der Waals surface area contributed by atoms with Gasteiger partial charge in [0.05, 0.1) is 12.2 Å². The van der Waals surface area contributed by atoms with Gasteiger partial charge in [-0.15, -0.1) is 0 Å². The minimum absolute atomic E-state index is 0.0105. The van der Waals surface area contributed by atoms with Crippen LogP contribution in [0.5, 0.6) is 0 Å². The molecule has 106 valence electrons. The fraction of sp³-hybridized carbons (Fsp3) is 0.688. The van der Waals surface area contributed by atoms with Gasteiger partial charge in [0.25, 0.3) is 0 Å². The van der Waals surface area contributed by atoms with Crippen molar-refractivity contribution >= 4 is 0 Å². The van der Waals surface area contributed by atoms with Gasteiger partial charge < -0.3 is 10.5 Å². The van der Waals surface area contributed by atoms with Crippen LogP contribution in [0.1, 0.15) is 57.6 Å². The molecule has 1 aliphatic rings. The zero-order valence-electron chi connectivity index (χ0n) is 12.1. The molecule has 3 heteroatoms. The van der Waals surface area contributed by atoms with Crippen LogP contribution in [0.2, 0.25) is 0 Å².